The maximum Gasteiger partial charge on any atom is 0.323 e. The van der Waals surface area contributed by atoms with E-state index in [1.807, 2.05) is 5.32 Å². The van der Waals surface area contributed by atoms with Crippen LogP contribution in [0.5, 0.6) is 0 Å². The second kappa shape index (κ2) is 12.9. The van der Waals surface area contributed by atoms with Crippen LogP contribution in [0.1, 0.15) is 13.3 Å². The molecule has 6 atom stereocenters. The number of carboxylic acids is 2. The molecular formula is C19H28N2O11. The highest BCUT2D eigenvalue weighted by Gasteiger charge is 2.45. The van der Waals surface area contributed by atoms with Gasteiger partial charge in [-0.2, -0.15) is 0 Å². The van der Waals surface area contributed by atoms with Gasteiger partial charge < -0.3 is 45.6 Å². The average Bonchev–Trinajstić information content (AvgIpc) is 2.74. The maximum atomic E-state index is 12.7. The van der Waals surface area contributed by atoms with Gasteiger partial charge in [-0.05, 0) is 6.92 Å². The van der Waals surface area contributed by atoms with Gasteiger partial charge >= 0.3 is 11.9 Å². The monoisotopic (exact) mass is 460 g/mol. The smallest absolute Gasteiger partial charge is 0.323 e. The molecule has 180 valence electrons. The topological polar surface area (TPSA) is 214 Å². The molecule has 0 bridgehead atoms. The van der Waals surface area contributed by atoms with Crippen molar-refractivity contribution < 1.29 is 54.6 Å². The highest BCUT2D eigenvalue weighted by Crippen LogP contribution is 2.25. The summed E-state index contributed by atoms with van der Waals surface area (Å²) in [6, 6.07) is -1.63. The largest absolute Gasteiger partial charge is 0.480 e. The third-order valence-electron chi connectivity index (χ3n) is 4.67. The number of nitrogens with one attached hydrogen (secondary N) is 1. The number of amides is 2. The zero-order valence-electron chi connectivity index (χ0n) is 17.3. The predicted molar refractivity (Wildman–Crippen MR) is 106 cm³/mol. The van der Waals surface area contributed by atoms with Crippen molar-refractivity contribution in [3.05, 3.63) is 24.3 Å². The number of carbonyl (C=O) groups excluding carboxylic acids is 2. The minimum Gasteiger partial charge on any atom is -0.480 e. The first kappa shape index (κ1) is 27.2. The zero-order valence-corrected chi connectivity index (χ0v) is 17.3. The summed E-state index contributed by atoms with van der Waals surface area (Å²) in [4.78, 5) is 48.1. The van der Waals surface area contributed by atoms with Gasteiger partial charge in [-0.1, -0.05) is 18.2 Å². The van der Waals surface area contributed by atoms with Gasteiger partial charge in [-0.3, -0.25) is 19.2 Å². The highest BCUT2D eigenvalue weighted by atomic mass is 16.5. The molecule has 0 aromatic carbocycles. The molecule has 0 spiro atoms. The highest BCUT2D eigenvalue weighted by molar-refractivity contribution is 5.95. The molecule has 0 saturated carbocycles. The molecular weight excluding hydrogens is 432 g/mol. The van der Waals surface area contributed by atoms with Crippen molar-refractivity contribution in [1.29, 1.82) is 0 Å². The maximum absolute atomic E-state index is 12.7. The van der Waals surface area contributed by atoms with Gasteiger partial charge in [0.2, 0.25) is 11.8 Å². The predicted octanol–water partition coefficient (Wildman–Crippen LogP) is -3.17. The molecule has 1 fully saturated rings. The van der Waals surface area contributed by atoms with Crippen LogP contribution in [0.15, 0.2) is 24.3 Å². The normalized spacial score (nSPS) is 26.7. The van der Waals surface area contributed by atoms with Crippen molar-refractivity contribution in [2.75, 3.05) is 19.7 Å². The van der Waals surface area contributed by atoms with Crippen LogP contribution in [0.2, 0.25) is 0 Å². The van der Waals surface area contributed by atoms with E-state index in [1.54, 1.807) is 13.0 Å². The lowest BCUT2D eigenvalue weighted by atomic mass is 9.91. The van der Waals surface area contributed by atoms with Gasteiger partial charge in [0.05, 0.1) is 12.7 Å². The Kier molecular flexibility index (Phi) is 10.9. The minimum atomic E-state index is -1.76. The molecule has 13 heteroatoms. The van der Waals surface area contributed by atoms with Crippen LogP contribution in [0.4, 0.5) is 0 Å². The fourth-order valence-corrected chi connectivity index (χ4v) is 3.08. The van der Waals surface area contributed by atoms with Crippen LogP contribution < -0.4 is 5.32 Å². The van der Waals surface area contributed by atoms with E-state index in [4.69, 9.17) is 9.84 Å². The van der Waals surface area contributed by atoms with E-state index in [1.165, 1.54) is 12.2 Å². The molecule has 6 unspecified atom stereocenters. The number of carbonyl (C=O) groups is 4. The first-order valence-corrected chi connectivity index (χ1v) is 9.65. The molecule has 1 saturated heterocycles. The number of nitrogens with zero attached hydrogens (tertiary/aromatic N) is 1. The number of allylic oxidation sites excluding steroid dienone is 3. The fraction of sp³-hybridized carbons (Fsp3) is 0.579. The Balaban J connectivity index is 3.28. The standard InChI is InChI=1S/C19H28N2O11/c1-2-3-4-5-13(23)21(8-15(26)27)10(19(31)20-7-14(24)25)6-11-16(28)18(30)17(29)12(9-22)32-11/h2-5,10-12,16-18,22,28-30H,6-9H2,1H3,(H,20,31)(H,24,25)(H,26,27)/b3-2+,5-4+. The molecule has 1 heterocycles. The molecule has 0 radical (unpaired) electrons. The van der Waals surface area contributed by atoms with Gasteiger partial charge in [-0.15, -0.1) is 0 Å². The first-order chi connectivity index (χ1) is 15.0. The molecule has 32 heavy (non-hydrogen) atoms. The van der Waals surface area contributed by atoms with Gasteiger partial charge in [0.25, 0.3) is 0 Å². The molecule has 7 N–H and O–H groups in total. The Morgan fingerprint density at radius 1 is 1.00 bits per heavy atom. The molecule has 0 aliphatic carbocycles. The summed E-state index contributed by atoms with van der Waals surface area (Å²) in [5.74, 6) is -4.80. The van der Waals surface area contributed by atoms with E-state index < -0.39 is 86.4 Å². The summed E-state index contributed by atoms with van der Waals surface area (Å²) in [6.07, 6.45) is -3.06. The van der Waals surface area contributed by atoms with Crippen LogP contribution in [0, 0.1) is 0 Å². The van der Waals surface area contributed by atoms with Crippen LogP contribution in [0.3, 0.4) is 0 Å². The molecule has 1 aliphatic rings. The molecule has 13 nitrogen and oxygen atoms in total. The quantitative estimate of drug-likeness (QED) is 0.121. The van der Waals surface area contributed by atoms with Gasteiger partial charge in [0.1, 0.15) is 43.5 Å². The lowest BCUT2D eigenvalue weighted by Crippen LogP contribution is -2.61. The van der Waals surface area contributed by atoms with E-state index in [0.29, 0.717) is 4.90 Å². The number of aliphatic hydroxyl groups excluding tert-OH is 4. The van der Waals surface area contributed by atoms with Crippen molar-refractivity contribution in [2.45, 2.75) is 49.9 Å². The van der Waals surface area contributed by atoms with Crippen molar-refractivity contribution in [3.63, 3.8) is 0 Å². The number of ether oxygens (including phenoxy) is 1. The number of carboxylic acid groups (broad SMARTS) is 2. The lowest BCUT2D eigenvalue weighted by Gasteiger charge is -2.42. The Labute approximate surface area is 183 Å². The van der Waals surface area contributed by atoms with E-state index in [2.05, 4.69) is 0 Å². The molecule has 2 amide bonds. The van der Waals surface area contributed by atoms with Crippen molar-refractivity contribution >= 4 is 23.8 Å². The summed E-state index contributed by atoms with van der Waals surface area (Å²) in [7, 11) is 0. The van der Waals surface area contributed by atoms with Crippen LogP contribution in [-0.4, -0.2) is 116 Å². The number of hydrogen-bond acceptors (Lipinski definition) is 9. The second-order valence-electron chi connectivity index (χ2n) is 6.98. The third kappa shape index (κ3) is 7.69. The van der Waals surface area contributed by atoms with Gasteiger partial charge in [-0.25, -0.2) is 0 Å². The third-order valence-corrected chi connectivity index (χ3v) is 4.67. The molecule has 0 aromatic rings. The van der Waals surface area contributed by atoms with Crippen LogP contribution in [0.25, 0.3) is 0 Å². The van der Waals surface area contributed by atoms with E-state index >= 15 is 0 Å². The zero-order chi connectivity index (χ0) is 24.4. The summed E-state index contributed by atoms with van der Waals surface area (Å²) in [5, 5.41) is 59.5. The average molecular weight is 460 g/mol. The summed E-state index contributed by atoms with van der Waals surface area (Å²) < 4.78 is 5.35. The number of aliphatic hydroxyl groups is 4. The minimum absolute atomic E-state index is 0.566. The van der Waals surface area contributed by atoms with Gasteiger partial charge in [0, 0.05) is 12.5 Å². The Bertz CT molecular complexity index is 737. The van der Waals surface area contributed by atoms with Crippen LogP contribution >= 0.6 is 0 Å². The van der Waals surface area contributed by atoms with E-state index in [9.17, 15) is 44.7 Å². The molecule has 0 aromatic heterocycles. The number of aliphatic carboxylic acids is 2. The van der Waals surface area contributed by atoms with Crippen molar-refractivity contribution in [2.24, 2.45) is 0 Å². The van der Waals surface area contributed by atoms with E-state index in [0.717, 1.165) is 6.08 Å². The Hall–Kier alpha value is -2.84. The first-order valence-electron chi connectivity index (χ1n) is 9.65. The Morgan fingerprint density at radius 3 is 2.16 bits per heavy atom. The van der Waals surface area contributed by atoms with Crippen molar-refractivity contribution in [1.82, 2.24) is 10.2 Å². The second-order valence-corrected chi connectivity index (χ2v) is 6.98. The van der Waals surface area contributed by atoms with E-state index in [-0.39, 0.29) is 0 Å². The summed E-state index contributed by atoms with van der Waals surface area (Å²) in [6.45, 7) is -0.832. The molecule has 1 aliphatic heterocycles. The number of rotatable bonds is 11. The van der Waals surface area contributed by atoms with Gasteiger partial charge in [0.15, 0.2) is 0 Å². The van der Waals surface area contributed by atoms with Crippen molar-refractivity contribution in [3.8, 4) is 0 Å². The summed E-state index contributed by atoms with van der Waals surface area (Å²) in [5.41, 5.74) is 0. The Morgan fingerprint density at radius 2 is 1.62 bits per heavy atom. The SMILES string of the molecule is C/C=C/C=C/C(=O)N(CC(=O)O)C(CC1OC(CO)C(O)C(O)C1O)C(=O)NCC(=O)O. The fourth-order valence-electron chi connectivity index (χ4n) is 3.08. The summed E-state index contributed by atoms with van der Waals surface area (Å²) >= 11 is 0. The molecule has 1 rings (SSSR count). The lowest BCUT2D eigenvalue weighted by molar-refractivity contribution is -0.232. The number of hydrogen-bond donors (Lipinski definition) is 7. The van der Waals surface area contributed by atoms with Crippen LogP contribution in [-0.2, 0) is 23.9 Å².